The van der Waals surface area contributed by atoms with Crippen molar-refractivity contribution >= 4 is 5.97 Å². The molecule has 0 bridgehead atoms. The van der Waals surface area contributed by atoms with Gasteiger partial charge < -0.3 is 14.9 Å². The number of esters is 1. The van der Waals surface area contributed by atoms with Crippen molar-refractivity contribution < 1.29 is 19.7 Å². The van der Waals surface area contributed by atoms with Crippen LogP contribution in [0.3, 0.4) is 0 Å². The van der Waals surface area contributed by atoms with E-state index in [2.05, 4.69) is 0 Å². The van der Waals surface area contributed by atoms with Crippen LogP contribution in [0.5, 0.6) is 11.5 Å². The average Bonchev–Trinajstić information content (AvgIpc) is 2.08. The first-order chi connectivity index (χ1) is 6.58. The zero-order valence-electron chi connectivity index (χ0n) is 7.65. The van der Waals surface area contributed by atoms with Crippen molar-refractivity contribution in [2.45, 2.75) is 19.4 Å². The van der Waals surface area contributed by atoms with E-state index in [9.17, 15) is 15.0 Å². The van der Waals surface area contributed by atoms with E-state index in [1.807, 2.05) is 0 Å². The molecular formula is C10H10O4. The van der Waals surface area contributed by atoms with Crippen molar-refractivity contribution in [3.05, 3.63) is 23.3 Å². The molecule has 1 aliphatic heterocycles. The number of rotatable bonds is 0. The Morgan fingerprint density at radius 2 is 2.00 bits per heavy atom. The van der Waals surface area contributed by atoms with Crippen LogP contribution in [0.2, 0.25) is 0 Å². The molecule has 1 aromatic rings. The molecule has 74 valence electrons. The molecule has 1 unspecified atom stereocenters. The fourth-order valence-electron chi connectivity index (χ4n) is 1.58. The zero-order chi connectivity index (χ0) is 10.3. The lowest BCUT2D eigenvalue weighted by molar-refractivity contribution is 0.0300. The molecule has 1 heterocycles. The van der Waals surface area contributed by atoms with E-state index in [0.29, 0.717) is 17.5 Å². The van der Waals surface area contributed by atoms with Crippen LogP contribution >= 0.6 is 0 Å². The summed E-state index contributed by atoms with van der Waals surface area (Å²) in [5, 5.41) is 18.4. The van der Waals surface area contributed by atoms with Crippen LogP contribution in [0.15, 0.2) is 12.1 Å². The molecule has 0 amide bonds. The number of carbonyl (C=O) groups excluding carboxylic acids is 1. The monoisotopic (exact) mass is 194 g/mol. The van der Waals surface area contributed by atoms with Crippen LogP contribution in [0, 0.1) is 0 Å². The van der Waals surface area contributed by atoms with E-state index in [-0.39, 0.29) is 17.6 Å². The van der Waals surface area contributed by atoms with Gasteiger partial charge in [0.1, 0.15) is 6.10 Å². The molecule has 2 N–H and O–H groups in total. The van der Waals surface area contributed by atoms with E-state index in [0.717, 1.165) is 0 Å². The van der Waals surface area contributed by atoms with E-state index in [1.165, 1.54) is 12.1 Å². The van der Waals surface area contributed by atoms with Crippen molar-refractivity contribution in [3.8, 4) is 11.5 Å². The third-order valence-electron chi connectivity index (χ3n) is 2.24. The molecule has 4 nitrogen and oxygen atoms in total. The van der Waals surface area contributed by atoms with Crippen molar-refractivity contribution in [3.63, 3.8) is 0 Å². The number of hydrogen-bond acceptors (Lipinski definition) is 4. The fourth-order valence-corrected chi connectivity index (χ4v) is 1.58. The summed E-state index contributed by atoms with van der Waals surface area (Å²) in [6, 6.07) is 2.64. The van der Waals surface area contributed by atoms with Gasteiger partial charge in [0.15, 0.2) is 11.5 Å². The lowest BCUT2D eigenvalue weighted by Gasteiger charge is -2.21. The summed E-state index contributed by atoms with van der Waals surface area (Å²) in [6.45, 7) is 1.78. The first-order valence-electron chi connectivity index (χ1n) is 4.34. The van der Waals surface area contributed by atoms with Gasteiger partial charge in [-0.2, -0.15) is 0 Å². The molecule has 4 heteroatoms. The van der Waals surface area contributed by atoms with Crippen molar-refractivity contribution in [2.24, 2.45) is 0 Å². The topological polar surface area (TPSA) is 66.8 Å². The largest absolute Gasteiger partial charge is 0.504 e. The van der Waals surface area contributed by atoms with Gasteiger partial charge in [0.25, 0.3) is 0 Å². The van der Waals surface area contributed by atoms with Gasteiger partial charge in [-0.1, -0.05) is 0 Å². The molecule has 0 spiro atoms. The number of hydrogen-bond donors (Lipinski definition) is 2. The number of phenolic OH excluding ortho intramolecular Hbond substituents is 2. The minimum atomic E-state index is -0.450. The molecule has 0 radical (unpaired) electrons. The maximum atomic E-state index is 11.3. The average molecular weight is 194 g/mol. The quantitative estimate of drug-likeness (QED) is 0.481. The summed E-state index contributed by atoms with van der Waals surface area (Å²) in [7, 11) is 0. The maximum absolute atomic E-state index is 11.3. The van der Waals surface area contributed by atoms with Crippen molar-refractivity contribution in [1.29, 1.82) is 0 Å². The van der Waals surface area contributed by atoms with E-state index < -0.39 is 5.97 Å². The molecule has 0 aliphatic carbocycles. The van der Waals surface area contributed by atoms with Crippen LogP contribution in [-0.4, -0.2) is 22.3 Å². The van der Waals surface area contributed by atoms with Crippen LogP contribution in [-0.2, 0) is 11.2 Å². The van der Waals surface area contributed by atoms with E-state index in [1.54, 1.807) is 6.92 Å². The number of carbonyl (C=O) groups is 1. The summed E-state index contributed by atoms with van der Waals surface area (Å²) in [4.78, 5) is 11.3. The number of aromatic hydroxyl groups is 2. The molecule has 1 aromatic carbocycles. The molecule has 0 aromatic heterocycles. The summed E-state index contributed by atoms with van der Waals surface area (Å²) < 4.78 is 4.98. The van der Waals surface area contributed by atoms with Gasteiger partial charge >= 0.3 is 5.97 Å². The van der Waals surface area contributed by atoms with E-state index >= 15 is 0 Å². The summed E-state index contributed by atoms with van der Waals surface area (Å²) >= 11 is 0. The third kappa shape index (κ3) is 1.28. The standard InChI is InChI=1S/C10H10O4/c1-5-2-6-3-8(11)9(12)4-7(6)10(13)14-5/h3-5,11-12H,2H2,1H3. The Kier molecular flexibility index (Phi) is 1.84. The number of ether oxygens (including phenoxy) is 1. The van der Waals surface area contributed by atoms with Crippen LogP contribution < -0.4 is 0 Å². The maximum Gasteiger partial charge on any atom is 0.338 e. The fraction of sp³-hybridized carbons (Fsp3) is 0.300. The highest BCUT2D eigenvalue weighted by Gasteiger charge is 2.24. The molecule has 0 fully saturated rings. The van der Waals surface area contributed by atoms with Gasteiger partial charge in [-0.25, -0.2) is 4.79 Å². The van der Waals surface area contributed by atoms with E-state index in [4.69, 9.17) is 4.74 Å². The Morgan fingerprint density at radius 3 is 2.71 bits per heavy atom. The van der Waals surface area contributed by atoms with Gasteiger partial charge in [-0.15, -0.1) is 0 Å². The summed E-state index contributed by atoms with van der Waals surface area (Å²) in [6.07, 6.45) is 0.383. The number of cyclic esters (lactones) is 1. The van der Waals surface area contributed by atoms with Crippen LogP contribution in [0.25, 0.3) is 0 Å². The molecule has 0 saturated carbocycles. The van der Waals surface area contributed by atoms with Crippen molar-refractivity contribution in [1.82, 2.24) is 0 Å². The smallest absolute Gasteiger partial charge is 0.338 e. The van der Waals surface area contributed by atoms with Gasteiger partial charge in [-0.05, 0) is 24.6 Å². The van der Waals surface area contributed by atoms with Gasteiger partial charge in [0, 0.05) is 6.42 Å². The Labute approximate surface area is 80.7 Å². The van der Waals surface area contributed by atoms with Gasteiger partial charge in [-0.3, -0.25) is 0 Å². The van der Waals surface area contributed by atoms with Crippen LogP contribution in [0.4, 0.5) is 0 Å². The Morgan fingerprint density at radius 1 is 1.36 bits per heavy atom. The Balaban J connectivity index is 2.55. The lowest BCUT2D eigenvalue weighted by Crippen LogP contribution is -2.24. The predicted octanol–water partition coefficient (Wildman–Crippen LogP) is 1.20. The molecule has 1 atom stereocenters. The molecule has 14 heavy (non-hydrogen) atoms. The molecule has 0 saturated heterocycles. The minimum absolute atomic E-state index is 0.182. The Hall–Kier alpha value is -1.71. The molecule has 1 aliphatic rings. The highest BCUT2D eigenvalue weighted by atomic mass is 16.5. The van der Waals surface area contributed by atoms with Gasteiger partial charge in [0.05, 0.1) is 5.56 Å². The number of benzene rings is 1. The lowest BCUT2D eigenvalue weighted by atomic mass is 9.98. The first-order valence-corrected chi connectivity index (χ1v) is 4.34. The number of fused-ring (bicyclic) bond motifs is 1. The second-order valence-corrected chi connectivity index (χ2v) is 3.42. The molecular weight excluding hydrogens is 184 g/mol. The van der Waals surface area contributed by atoms with Gasteiger partial charge in [0.2, 0.25) is 0 Å². The Bertz CT molecular complexity index is 397. The number of phenols is 2. The normalized spacial score (nSPS) is 20.1. The SMILES string of the molecule is CC1Cc2cc(O)c(O)cc2C(=O)O1. The highest BCUT2D eigenvalue weighted by Crippen LogP contribution is 2.31. The second kappa shape index (κ2) is 2.90. The first kappa shape index (κ1) is 8.87. The summed E-state index contributed by atoms with van der Waals surface area (Å²) in [5.41, 5.74) is 1.04. The predicted molar refractivity (Wildman–Crippen MR) is 48.4 cm³/mol. The zero-order valence-corrected chi connectivity index (χ0v) is 7.65. The van der Waals surface area contributed by atoms with Crippen LogP contribution in [0.1, 0.15) is 22.8 Å². The van der Waals surface area contributed by atoms with Crippen molar-refractivity contribution in [2.75, 3.05) is 0 Å². The molecule has 2 rings (SSSR count). The minimum Gasteiger partial charge on any atom is -0.504 e. The second-order valence-electron chi connectivity index (χ2n) is 3.42. The highest BCUT2D eigenvalue weighted by molar-refractivity contribution is 5.93. The third-order valence-corrected chi connectivity index (χ3v) is 2.24. The summed E-state index contributed by atoms with van der Waals surface area (Å²) in [5.74, 6) is -0.949.